The van der Waals surface area contributed by atoms with Gasteiger partial charge in [0.1, 0.15) is 0 Å². The van der Waals surface area contributed by atoms with Crippen molar-refractivity contribution in [3.05, 3.63) is 0 Å². The monoisotopic (exact) mass is 502 g/mol. The van der Waals surface area contributed by atoms with Crippen LogP contribution in [0.4, 0.5) is 0 Å². The van der Waals surface area contributed by atoms with E-state index in [-0.39, 0.29) is 0 Å². The van der Waals surface area contributed by atoms with E-state index in [9.17, 15) is 0 Å². The van der Waals surface area contributed by atoms with Gasteiger partial charge < -0.3 is 4.43 Å². The molecule has 0 spiro atoms. The van der Waals surface area contributed by atoms with Gasteiger partial charge in [0.15, 0.2) is 8.32 Å². The fraction of sp³-hybridized carbons (Fsp3) is 1.00. The molecule has 0 aliphatic heterocycles. The predicted molar refractivity (Wildman–Crippen MR) is 155 cm³/mol. The Morgan fingerprint density at radius 2 is 1.49 bits per heavy atom. The molecule has 0 saturated heterocycles. The summed E-state index contributed by atoms with van der Waals surface area (Å²) in [6.07, 6.45) is 18.1. The third-order valence-corrected chi connectivity index (χ3v) is 17.6. The Kier molecular flexibility index (Phi) is 8.10. The number of hydrogen-bond acceptors (Lipinski definition) is 1. The Hall–Kier alpha value is 0.177. The van der Waals surface area contributed by atoms with Crippen molar-refractivity contribution in [3.63, 3.8) is 0 Å². The summed E-state index contributed by atoms with van der Waals surface area (Å²) in [6.45, 7) is 25.0. The third kappa shape index (κ3) is 5.24. The highest BCUT2D eigenvalue weighted by atomic mass is 28.4. The van der Waals surface area contributed by atoms with E-state index in [2.05, 4.69) is 68.5 Å². The fourth-order valence-electron chi connectivity index (χ4n) is 9.94. The van der Waals surface area contributed by atoms with Crippen LogP contribution >= 0.6 is 0 Å². The highest BCUT2D eigenvalue weighted by Crippen LogP contribution is 2.68. The van der Waals surface area contributed by atoms with E-state index < -0.39 is 8.32 Å². The summed E-state index contributed by atoms with van der Waals surface area (Å²) in [6, 6.07) is 0. The topological polar surface area (TPSA) is 9.23 Å². The van der Waals surface area contributed by atoms with Crippen LogP contribution in [0.1, 0.15) is 132 Å². The first-order valence-electron chi connectivity index (χ1n) is 15.9. The lowest BCUT2D eigenvalue weighted by atomic mass is 9.44. The molecule has 0 bridgehead atoms. The molecule has 0 N–H and O–H groups in total. The van der Waals surface area contributed by atoms with Crippen LogP contribution in [0, 0.1) is 52.3 Å². The van der Waals surface area contributed by atoms with Crippen LogP contribution in [0.25, 0.3) is 0 Å². The SMILES string of the molecule is CC(C)CCC[C@@H](C)[C@H]1CC[C@H]2[C@@H]3CC[C@@H]4C[C@H](O[Si](C)(C)C(C)(C)C)CC[C@]4(C)[C@H]3CC[C@]12C. The molecule has 0 aromatic rings. The fourth-order valence-corrected chi connectivity index (χ4v) is 11.3. The molecule has 0 aromatic heterocycles. The summed E-state index contributed by atoms with van der Waals surface area (Å²) in [7, 11) is -1.67. The Bertz CT molecular complexity index is 721. The zero-order valence-electron chi connectivity index (χ0n) is 25.5. The molecule has 204 valence electrons. The van der Waals surface area contributed by atoms with Crippen molar-refractivity contribution in [1.29, 1.82) is 0 Å². The van der Waals surface area contributed by atoms with Gasteiger partial charge in [-0.25, -0.2) is 0 Å². The second kappa shape index (κ2) is 10.1. The average molecular weight is 503 g/mol. The van der Waals surface area contributed by atoms with Gasteiger partial charge in [0.2, 0.25) is 0 Å². The zero-order valence-corrected chi connectivity index (χ0v) is 26.5. The van der Waals surface area contributed by atoms with Crippen LogP contribution in [0.5, 0.6) is 0 Å². The summed E-state index contributed by atoms with van der Waals surface area (Å²) in [5.74, 6) is 6.70. The third-order valence-electron chi connectivity index (χ3n) is 13.1. The van der Waals surface area contributed by atoms with Gasteiger partial charge in [0.05, 0.1) is 0 Å². The molecule has 4 aliphatic carbocycles. The number of fused-ring (bicyclic) bond motifs is 5. The largest absolute Gasteiger partial charge is 0.414 e. The molecule has 1 nitrogen and oxygen atoms in total. The van der Waals surface area contributed by atoms with Gasteiger partial charge in [-0.1, -0.05) is 74.7 Å². The van der Waals surface area contributed by atoms with Crippen LogP contribution in [-0.4, -0.2) is 14.4 Å². The van der Waals surface area contributed by atoms with Gasteiger partial charge in [-0.3, -0.25) is 0 Å². The molecule has 4 aliphatic rings. The van der Waals surface area contributed by atoms with E-state index in [1.807, 2.05) is 0 Å². The van der Waals surface area contributed by atoms with E-state index in [0.717, 1.165) is 41.4 Å². The van der Waals surface area contributed by atoms with E-state index >= 15 is 0 Å². The van der Waals surface area contributed by atoms with Crippen LogP contribution in [0.15, 0.2) is 0 Å². The van der Waals surface area contributed by atoms with Gasteiger partial charge >= 0.3 is 0 Å². The summed E-state index contributed by atoms with van der Waals surface area (Å²) >= 11 is 0. The Morgan fingerprint density at radius 3 is 2.14 bits per heavy atom. The maximum Gasteiger partial charge on any atom is 0.192 e. The molecule has 0 unspecified atom stereocenters. The Morgan fingerprint density at radius 1 is 0.829 bits per heavy atom. The van der Waals surface area contributed by atoms with E-state index in [1.54, 1.807) is 0 Å². The molecule has 4 fully saturated rings. The van der Waals surface area contributed by atoms with Gasteiger partial charge in [-0.15, -0.1) is 0 Å². The number of hydrogen-bond donors (Lipinski definition) is 0. The molecule has 2 heteroatoms. The molecule has 9 atom stereocenters. The standard InChI is InChI=1S/C33H62OSi/c1-23(2)12-11-13-24(3)28-16-17-29-27-15-14-25-22-26(34-35(9,10)31(4,5)6)18-20-32(25,7)30(27)19-21-33(28,29)8/h23-30H,11-22H2,1-10H3/t24-,25-,26-,27+,28-,29+,30+,32+,33-/m1/s1. The van der Waals surface area contributed by atoms with Gasteiger partial charge in [-0.05, 0) is 128 Å². The minimum atomic E-state index is -1.67. The van der Waals surface area contributed by atoms with Gasteiger partial charge in [-0.2, -0.15) is 0 Å². The van der Waals surface area contributed by atoms with Crippen molar-refractivity contribution in [3.8, 4) is 0 Å². The molecular formula is C33H62OSi. The first-order chi connectivity index (χ1) is 16.2. The van der Waals surface area contributed by atoms with E-state index in [1.165, 1.54) is 77.0 Å². The highest BCUT2D eigenvalue weighted by molar-refractivity contribution is 6.74. The smallest absolute Gasteiger partial charge is 0.192 e. The minimum Gasteiger partial charge on any atom is -0.414 e. The molecule has 4 rings (SSSR count). The second-order valence-corrected chi connectivity index (χ2v) is 21.2. The molecule has 0 aromatic carbocycles. The molecule has 0 amide bonds. The Labute approximate surface area is 221 Å². The molecular weight excluding hydrogens is 440 g/mol. The normalized spacial score (nSPS) is 42.9. The summed E-state index contributed by atoms with van der Waals surface area (Å²) in [5, 5.41) is 0.324. The van der Waals surface area contributed by atoms with Gasteiger partial charge in [0, 0.05) is 6.10 Å². The van der Waals surface area contributed by atoms with Crippen LogP contribution < -0.4 is 0 Å². The first-order valence-corrected chi connectivity index (χ1v) is 18.8. The molecule has 35 heavy (non-hydrogen) atoms. The lowest BCUT2D eigenvalue weighted by Gasteiger charge is -2.61. The maximum absolute atomic E-state index is 6.98. The highest BCUT2D eigenvalue weighted by Gasteiger charge is 2.60. The van der Waals surface area contributed by atoms with Crippen LogP contribution in [-0.2, 0) is 4.43 Å². The lowest BCUT2D eigenvalue weighted by molar-refractivity contribution is -0.127. The first kappa shape index (κ1) is 28.2. The second-order valence-electron chi connectivity index (χ2n) is 16.5. The van der Waals surface area contributed by atoms with Crippen molar-refractivity contribution < 1.29 is 4.43 Å². The van der Waals surface area contributed by atoms with Crippen molar-refractivity contribution in [2.24, 2.45) is 52.3 Å². The zero-order chi connectivity index (χ0) is 25.8. The quantitative estimate of drug-likeness (QED) is 0.314. The van der Waals surface area contributed by atoms with Crippen molar-refractivity contribution in [2.75, 3.05) is 0 Å². The molecule has 0 radical (unpaired) electrons. The van der Waals surface area contributed by atoms with Gasteiger partial charge in [0.25, 0.3) is 0 Å². The van der Waals surface area contributed by atoms with Crippen molar-refractivity contribution in [1.82, 2.24) is 0 Å². The van der Waals surface area contributed by atoms with Crippen LogP contribution in [0.2, 0.25) is 18.1 Å². The predicted octanol–water partition coefficient (Wildman–Crippen LogP) is 10.5. The molecule has 4 saturated carbocycles. The molecule has 0 heterocycles. The van der Waals surface area contributed by atoms with Crippen LogP contribution in [0.3, 0.4) is 0 Å². The van der Waals surface area contributed by atoms with E-state index in [0.29, 0.717) is 22.0 Å². The maximum atomic E-state index is 6.98. The van der Waals surface area contributed by atoms with Crippen molar-refractivity contribution >= 4 is 8.32 Å². The summed E-state index contributed by atoms with van der Waals surface area (Å²) in [5.41, 5.74) is 1.21. The minimum absolute atomic E-state index is 0.324. The van der Waals surface area contributed by atoms with Crippen molar-refractivity contribution in [2.45, 2.75) is 157 Å². The number of rotatable bonds is 7. The summed E-state index contributed by atoms with van der Waals surface area (Å²) < 4.78 is 6.98. The Balaban J connectivity index is 1.41. The van der Waals surface area contributed by atoms with E-state index in [4.69, 9.17) is 4.43 Å². The summed E-state index contributed by atoms with van der Waals surface area (Å²) in [4.78, 5) is 0. The average Bonchev–Trinajstić information content (AvgIpc) is 3.10. The lowest BCUT2D eigenvalue weighted by Crippen LogP contribution is -2.55.